The summed E-state index contributed by atoms with van der Waals surface area (Å²) in [5.74, 6) is -0.676. The highest BCUT2D eigenvalue weighted by molar-refractivity contribution is 6.07. The molecule has 2 aromatic rings. The standard InChI is InChI=1S/C20H21FN2O3/c1-20(2)15-6-5-13(9-17(15)23-19(20)25)18(24)22-10-12-4-7-16(21)14(8-12)11-26-3/h4-9H,10-11H2,1-3H3,(H,22,24)(H,23,25). The van der Waals surface area contributed by atoms with Gasteiger partial charge in [0, 0.05) is 30.5 Å². The first-order valence-electron chi connectivity index (χ1n) is 8.33. The number of methoxy groups -OCH3 is 1. The highest BCUT2D eigenvalue weighted by atomic mass is 19.1. The molecule has 0 saturated heterocycles. The van der Waals surface area contributed by atoms with E-state index in [0.717, 1.165) is 11.1 Å². The van der Waals surface area contributed by atoms with Gasteiger partial charge in [-0.15, -0.1) is 0 Å². The monoisotopic (exact) mass is 356 g/mol. The third-order valence-corrected chi connectivity index (χ3v) is 4.63. The first kappa shape index (κ1) is 18.1. The second kappa shape index (κ2) is 6.88. The van der Waals surface area contributed by atoms with Gasteiger partial charge in [-0.05, 0) is 49.2 Å². The number of rotatable bonds is 5. The molecule has 0 aromatic heterocycles. The van der Waals surface area contributed by atoms with Crippen molar-refractivity contribution in [3.63, 3.8) is 0 Å². The minimum absolute atomic E-state index is 0.0814. The molecule has 0 fully saturated rings. The molecule has 2 N–H and O–H groups in total. The van der Waals surface area contributed by atoms with Gasteiger partial charge in [0.25, 0.3) is 5.91 Å². The molecule has 5 nitrogen and oxygen atoms in total. The van der Waals surface area contributed by atoms with Gasteiger partial charge in [-0.1, -0.05) is 12.1 Å². The van der Waals surface area contributed by atoms with E-state index >= 15 is 0 Å². The Morgan fingerprint density at radius 3 is 2.73 bits per heavy atom. The van der Waals surface area contributed by atoms with Crippen LogP contribution in [-0.2, 0) is 28.1 Å². The van der Waals surface area contributed by atoms with Gasteiger partial charge in [-0.2, -0.15) is 0 Å². The Labute approximate surface area is 151 Å². The van der Waals surface area contributed by atoms with Crippen molar-refractivity contribution in [3.05, 3.63) is 64.5 Å². The highest BCUT2D eigenvalue weighted by Gasteiger charge is 2.38. The van der Waals surface area contributed by atoms with E-state index in [1.165, 1.54) is 13.2 Å². The Morgan fingerprint density at radius 2 is 2.00 bits per heavy atom. The number of amides is 2. The molecule has 0 saturated carbocycles. The summed E-state index contributed by atoms with van der Waals surface area (Å²) in [6, 6.07) is 9.85. The van der Waals surface area contributed by atoms with E-state index in [1.807, 2.05) is 13.8 Å². The molecule has 3 rings (SSSR count). The van der Waals surface area contributed by atoms with E-state index in [-0.39, 0.29) is 30.8 Å². The van der Waals surface area contributed by atoms with Crippen LogP contribution in [0.4, 0.5) is 10.1 Å². The molecule has 26 heavy (non-hydrogen) atoms. The summed E-state index contributed by atoms with van der Waals surface area (Å²) >= 11 is 0. The maximum Gasteiger partial charge on any atom is 0.251 e. The number of hydrogen-bond donors (Lipinski definition) is 2. The lowest BCUT2D eigenvalue weighted by atomic mass is 9.86. The van der Waals surface area contributed by atoms with Gasteiger partial charge in [0.05, 0.1) is 12.0 Å². The Bertz CT molecular complexity index is 877. The van der Waals surface area contributed by atoms with E-state index in [4.69, 9.17) is 4.74 Å². The van der Waals surface area contributed by atoms with Crippen LogP contribution in [0.25, 0.3) is 0 Å². The third kappa shape index (κ3) is 3.32. The lowest BCUT2D eigenvalue weighted by Crippen LogP contribution is -2.26. The Balaban J connectivity index is 1.71. The van der Waals surface area contributed by atoms with E-state index in [9.17, 15) is 14.0 Å². The van der Waals surface area contributed by atoms with E-state index < -0.39 is 5.41 Å². The lowest BCUT2D eigenvalue weighted by Gasteiger charge is -2.15. The largest absolute Gasteiger partial charge is 0.380 e. The van der Waals surface area contributed by atoms with Crippen molar-refractivity contribution in [1.29, 1.82) is 0 Å². The lowest BCUT2D eigenvalue weighted by molar-refractivity contribution is -0.119. The summed E-state index contributed by atoms with van der Waals surface area (Å²) in [6.07, 6.45) is 0. The van der Waals surface area contributed by atoms with Gasteiger partial charge in [-0.25, -0.2) is 4.39 Å². The first-order valence-corrected chi connectivity index (χ1v) is 8.33. The van der Waals surface area contributed by atoms with Crippen LogP contribution in [-0.4, -0.2) is 18.9 Å². The topological polar surface area (TPSA) is 67.4 Å². The molecular weight excluding hydrogens is 335 g/mol. The Morgan fingerprint density at radius 1 is 1.23 bits per heavy atom. The van der Waals surface area contributed by atoms with Crippen LogP contribution in [0.2, 0.25) is 0 Å². The molecule has 0 atom stereocenters. The second-order valence-corrected chi connectivity index (χ2v) is 6.88. The van der Waals surface area contributed by atoms with Crippen LogP contribution in [0, 0.1) is 5.82 Å². The molecule has 0 bridgehead atoms. The molecule has 136 valence electrons. The average molecular weight is 356 g/mol. The normalized spacial score (nSPS) is 14.7. The van der Waals surface area contributed by atoms with Gasteiger partial charge in [0.15, 0.2) is 0 Å². The minimum Gasteiger partial charge on any atom is -0.380 e. The molecular formula is C20H21FN2O3. The Kier molecular flexibility index (Phi) is 4.78. The maximum atomic E-state index is 13.6. The molecule has 1 aliphatic heterocycles. The zero-order valence-corrected chi connectivity index (χ0v) is 15.0. The van der Waals surface area contributed by atoms with Gasteiger partial charge < -0.3 is 15.4 Å². The summed E-state index contributed by atoms with van der Waals surface area (Å²) in [6.45, 7) is 4.14. The summed E-state index contributed by atoms with van der Waals surface area (Å²) in [4.78, 5) is 24.4. The van der Waals surface area contributed by atoms with Crippen molar-refractivity contribution in [2.75, 3.05) is 12.4 Å². The molecule has 1 aliphatic rings. The van der Waals surface area contributed by atoms with Crippen LogP contribution in [0.5, 0.6) is 0 Å². The number of halogens is 1. The van der Waals surface area contributed by atoms with E-state index in [2.05, 4.69) is 10.6 Å². The van der Waals surface area contributed by atoms with Crippen LogP contribution >= 0.6 is 0 Å². The van der Waals surface area contributed by atoms with Crippen molar-refractivity contribution in [2.24, 2.45) is 0 Å². The smallest absolute Gasteiger partial charge is 0.251 e. The molecule has 0 radical (unpaired) electrons. The predicted molar refractivity (Wildman–Crippen MR) is 96.4 cm³/mol. The fraction of sp³-hybridized carbons (Fsp3) is 0.300. The van der Waals surface area contributed by atoms with Crippen LogP contribution in [0.1, 0.15) is 40.9 Å². The highest BCUT2D eigenvalue weighted by Crippen LogP contribution is 2.37. The zero-order chi connectivity index (χ0) is 18.9. The molecule has 0 spiro atoms. The summed E-state index contributed by atoms with van der Waals surface area (Å²) in [7, 11) is 1.50. The fourth-order valence-electron chi connectivity index (χ4n) is 3.02. The number of carbonyl (C=O) groups excluding carboxylic acids is 2. The third-order valence-electron chi connectivity index (χ3n) is 4.63. The minimum atomic E-state index is -0.601. The van der Waals surface area contributed by atoms with Crippen molar-refractivity contribution >= 4 is 17.5 Å². The molecule has 0 unspecified atom stereocenters. The van der Waals surface area contributed by atoms with Crippen LogP contribution in [0.3, 0.4) is 0 Å². The fourth-order valence-corrected chi connectivity index (χ4v) is 3.02. The van der Waals surface area contributed by atoms with Gasteiger partial charge in [0.2, 0.25) is 5.91 Å². The summed E-state index contributed by atoms with van der Waals surface area (Å²) in [5.41, 5.74) is 2.62. The number of fused-ring (bicyclic) bond motifs is 1. The molecule has 1 heterocycles. The molecule has 2 aromatic carbocycles. The van der Waals surface area contributed by atoms with Crippen molar-refractivity contribution in [3.8, 4) is 0 Å². The maximum absolute atomic E-state index is 13.6. The number of hydrogen-bond acceptors (Lipinski definition) is 3. The van der Waals surface area contributed by atoms with Crippen LogP contribution < -0.4 is 10.6 Å². The second-order valence-electron chi connectivity index (χ2n) is 6.88. The van der Waals surface area contributed by atoms with Gasteiger partial charge in [0.1, 0.15) is 5.82 Å². The average Bonchev–Trinajstić information content (AvgIpc) is 2.84. The van der Waals surface area contributed by atoms with E-state index in [0.29, 0.717) is 16.8 Å². The number of benzene rings is 2. The molecule has 0 aliphatic carbocycles. The summed E-state index contributed by atoms with van der Waals surface area (Å²) < 4.78 is 18.6. The predicted octanol–water partition coefficient (Wildman–Crippen LogP) is 3.13. The van der Waals surface area contributed by atoms with Crippen molar-refractivity contribution < 1.29 is 18.7 Å². The zero-order valence-electron chi connectivity index (χ0n) is 15.0. The molecule has 6 heteroatoms. The van der Waals surface area contributed by atoms with Crippen molar-refractivity contribution in [1.82, 2.24) is 5.32 Å². The van der Waals surface area contributed by atoms with E-state index in [1.54, 1.807) is 30.3 Å². The van der Waals surface area contributed by atoms with Crippen LogP contribution in [0.15, 0.2) is 36.4 Å². The quantitative estimate of drug-likeness (QED) is 0.865. The number of carbonyl (C=O) groups is 2. The Hall–Kier alpha value is -2.73. The SMILES string of the molecule is COCc1cc(CNC(=O)c2ccc3c(c2)NC(=O)C3(C)C)ccc1F. The number of ether oxygens (including phenoxy) is 1. The summed E-state index contributed by atoms with van der Waals surface area (Å²) in [5, 5.41) is 5.62. The van der Waals surface area contributed by atoms with Crippen molar-refractivity contribution in [2.45, 2.75) is 32.4 Å². The first-order chi connectivity index (χ1) is 12.3. The van der Waals surface area contributed by atoms with Gasteiger partial charge >= 0.3 is 0 Å². The molecule has 2 amide bonds. The number of anilines is 1. The number of nitrogens with one attached hydrogen (secondary N) is 2. The van der Waals surface area contributed by atoms with Gasteiger partial charge in [-0.3, -0.25) is 9.59 Å².